The molecule has 0 aromatic carbocycles. The second-order valence-corrected chi connectivity index (χ2v) is 5.21. The number of carboxylic acids is 1. The summed E-state index contributed by atoms with van der Waals surface area (Å²) in [5, 5.41) is 11.6. The van der Waals surface area contributed by atoms with E-state index in [1.807, 2.05) is 6.92 Å². The average molecular weight is 260 g/mol. The molecule has 106 valence electrons. The Labute approximate surface area is 108 Å². The van der Waals surface area contributed by atoms with Crippen LogP contribution < -0.4 is 5.32 Å². The van der Waals surface area contributed by atoms with Crippen LogP contribution in [0.5, 0.6) is 0 Å². The Morgan fingerprint density at radius 1 is 1.39 bits per heavy atom. The minimum atomic E-state index is -1.03. The summed E-state index contributed by atoms with van der Waals surface area (Å²) < 4.78 is 5.14. The number of nitrogens with one attached hydrogen (secondary N) is 1. The first kappa shape index (κ1) is 16.7. The van der Waals surface area contributed by atoms with Crippen LogP contribution in [0.3, 0.4) is 0 Å². The van der Waals surface area contributed by atoms with E-state index in [1.54, 1.807) is 27.8 Å². The second kappa shape index (κ2) is 7.20. The number of urea groups is 1. The van der Waals surface area contributed by atoms with Gasteiger partial charge in [0.05, 0.1) is 6.61 Å². The number of likely N-dealkylation sites (N-methyl/N-ethyl adjacent to an activating group) is 1. The van der Waals surface area contributed by atoms with Gasteiger partial charge in [0.1, 0.15) is 6.04 Å². The molecule has 0 aliphatic rings. The van der Waals surface area contributed by atoms with Gasteiger partial charge >= 0.3 is 12.0 Å². The van der Waals surface area contributed by atoms with E-state index in [4.69, 9.17) is 9.84 Å². The van der Waals surface area contributed by atoms with Crippen molar-refractivity contribution in [1.82, 2.24) is 10.2 Å². The van der Waals surface area contributed by atoms with Crippen LogP contribution in [-0.2, 0) is 9.53 Å². The maximum Gasteiger partial charge on any atom is 0.326 e. The molecule has 0 bridgehead atoms. The molecule has 2 amide bonds. The highest BCUT2D eigenvalue weighted by Gasteiger charge is 2.33. The van der Waals surface area contributed by atoms with Gasteiger partial charge < -0.3 is 20.1 Å². The predicted molar refractivity (Wildman–Crippen MR) is 68.5 cm³/mol. The van der Waals surface area contributed by atoms with Crippen molar-refractivity contribution in [2.45, 2.75) is 33.7 Å². The molecule has 0 aromatic rings. The summed E-state index contributed by atoms with van der Waals surface area (Å²) in [6, 6.07) is -1.32. The van der Waals surface area contributed by atoms with E-state index >= 15 is 0 Å². The second-order valence-electron chi connectivity index (χ2n) is 5.21. The molecule has 0 rings (SSSR count). The first-order valence-corrected chi connectivity index (χ1v) is 6.02. The lowest BCUT2D eigenvalue weighted by Gasteiger charge is -2.29. The minimum Gasteiger partial charge on any atom is -0.480 e. The van der Waals surface area contributed by atoms with Crippen molar-refractivity contribution < 1.29 is 19.4 Å². The van der Waals surface area contributed by atoms with Crippen LogP contribution in [-0.4, -0.2) is 54.9 Å². The summed E-state index contributed by atoms with van der Waals surface area (Å²) in [5.74, 6) is -1.03. The molecular formula is C12H24N2O4. The fourth-order valence-corrected chi connectivity index (χ4v) is 1.33. The zero-order valence-corrected chi connectivity index (χ0v) is 11.8. The van der Waals surface area contributed by atoms with Crippen molar-refractivity contribution in [2.24, 2.45) is 5.41 Å². The molecule has 0 spiro atoms. The number of rotatable bonds is 6. The SMILES string of the molecule is CCOCCN(C)C(=O)N[C@H](C(=O)O)C(C)(C)C. The van der Waals surface area contributed by atoms with Gasteiger partial charge in [0.25, 0.3) is 0 Å². The molecule has 18 heavy (non-hydrogen) atoms. The normalized spacial score (nSPS) is 12.9. The third-order valence-electron chi connectivity index (χ3n) is 2.50. The van der Waals surface area contributed by atoms with Crippen molar-refractivity contribution in [1.29, 1.82) is 0 Å². The van der Waals surface area contributed by atoms with Gasteiger partial charge in [-0.2, -0.15) is 0 Å². The molecule has 0 aliphatic heterocycles. The molecule has 0 fully saturated rings. The average Bonchev–Trinajstić information content (AvgIpc) is 2.23. The maximum atomic E-state index is 11.8. The summed E-state index contributed by atoms with van der Waals surface area (Å²) in [7, 11) is 1.61. The van der Waals surface area contributed by atoms with Gasteiger partial charge in [0.15, 0.2) is 0 Å². The molecule has 0 aromatic heterocycles. The van der Waals surface area contributed by atoms with Crippen LogP contribution in [0.4, 0.5) is 4.79 Å². The van der Waals surface area contributed by atoms with E-state index in [9.17, 15) is 9.59 Å². The maximum absolute atomic E-state index is 11.8. The lowest BCUT2D eigenvalue weighted by atomic mass is 9.87. The van der Waals surface area contributed by atoms with Gasteiger partial charge in [-0.15, -0.1) is 0 Å². The zero-order chi connectivity index (χ0) is 14.3. The van der Waals surface area contributed by atoms with Crippen LogP contribution in [0.1, 0.15) is 27.7 Å². The molecule has 2 N–H and O–H groups in total. The van der Waals surface area contributed by atoms with Crippen molar-refractivity contribution >= 4 is 12.0 Å². The molecule has 1 atom stereocenters. The number of carbonyl (C=O) groups excluding carboxylic acids is 1. The van der Waals surface area contributed by atoms with Gasteiger partial charge in [-0.25, -0.2) is 9.59 Å². The van der Waals surface area contributed by atoms with Crippen LogP contribution in [0.2, 0.25) is 0 Å². The number of hydrogen-bond acceptors (Lipinski definition) is 3. The van der Waals surface area contributed by atoms with E-state index in [2.05, 4.69) is 5.32 Å². The van der Waals surface area contributed by atoms with Crippen LogP contribution in [0.25, 0.3) is 0 Å². The van der Waals surface area contributed by atoms with E-state index in [1.165, 1.54) is 4.90 Å². The molecule has 0 saturated carbocycles. The van der Waals surface area contributed by atoms with Gasteiger partial charge in [0.2, 0.25) is 0 Å². The molecule has 0 aliphatic carbocycles. The molecule has 0 saturated heterocycles. The Bertz CT molecular complexity index is 286. The smallest absolute Gasteiger partial charge is 0.326 e. The zero-order valence-electron chi connectivity index (χ0n) is 11.8. The molecule has 0 radical (unpaired) electrons. The summed E-state index contributed by atoms with van der Waals surface area (Å²) in [4.78, 5) is 24.3. The van der Waals surface area contributed by atoms with Crippen molar-refractivity contribution in [3.05, 3.63) is 0 Å². The number of ether oxygens (including phenoxy) is 1. The first-order chi connectivity index (χ1) is 8.20. The van der Waals surface area contributed by atoms with Crippen molar-refractivity contribution in [3.8, 4) is 0 Å². The molecule has 6 nitrogen and oxygen atoms in total. The fraction of sp³-hybridized carbons (Fsp3) is 0.833. The minimum absolute atomic E-state index is 0.406. The number of nitrogens with zero attached hydrogens (tertiary/aromatic N) is 1. The van der Waals surface area contributed by atoms with E-state index in [-0.39, 0.29) is 0 Å². The van der Waals surface area contributed by atoms with E-state index in [0.717, 1.165) is 0 Å². The molecule has 6 heteroatoms. The van der Waals surface area contributed by atoms with Crippen LogP contribution in [0.15, 0.2) is 0 Å². The Hall–Kier alpha value is -1.30. The Kier molecular flexibility index (Phi) is 6.68. The lowest BCUT2D eigenvalue weighted by Crippen LogP contribution is -2.52. The molecule has 0 unspecified atom stereocenters. The monoisotopic (exact) mass is 260 g/mol. The number of aliphatic carboxylic acids is 1. The Morgan fingerprint density at radius 2 is 1.94 bits per heavy atom. The Balaban J connectivity index is 4.38. The highest BCUT2D eigenvalue weighted by atomic mass is 16.5. The summed E-state index contributed by atoms with van der Waals surface area (Å²) in [6.07, 6.45) is 0. The van der Waals surface area contributed by atoms with E-state index < -0.39 is 23.5 Å². The molecule has 0 heterocycles. The number of hydrogen-bond donors (Lipinski definition) is 2. The van der Waals surface area contributed by atoms with Crippen molar-refractivity contribution in [2.75, 3.05) is 26.8 Å². The number of amides is 2. The van der Waals surface area contributed by atoms with Gasteiger partial charge in [-0.05, 0) is 12.3 Å². The number of carbonyl (C=O) groups is 2. The third kappa shape index (κ3) is 5.86. The van der Waals surface area contributed by atoms with Crippen molar-refractivity contribution in [3.63, 3.8) is 0 Å². The van der Waals surface area contributed by atoms with Gasteiger partial charge in [-0.3, -0.25) is 0 Å². The highest BCUT2D eigenvalue weighted by molar-refractivity contribution is 5.83. The summed E-state index contributed by atoms with van der Waals surface area (Å²) in [6.45, 7) is 8.64. The quantitative estimate of drug-likeness (QED) is 0.702. The predicted octanol–water partition coefficient (Wildman–Crippen LogP) is 1.16. The number of carboxylic acid groups (broad SMARTS) is 1. The third-order valence-corrected chi connectivity index (χ3v) is 2.50. The van der Waals surface area contributed by atoms with Gasteiger partial charge in [0, 0.05) is 20.2 Å². The van der Waals surface area contributed by atoms with Gasteiger partial charge in [-0.1, -0.05) is 20.8 Å². The van der Waals surface area contributed by atoms with E-state index in [0.29, 0.717) is 19.8 Å². The van der Waals surface area contributed by atoms with Crippen LogP contribution in [0, 0.1) is 5.41 Å². The topological polar surface area (TPSA) is 78.9 Å². The fourth-order valence-electron chi connectivity index (χ4n) is 1.33. The summed E-state index contributed by atoms with van der Waals surface area (Å²) >= 11 is 0. The standard InChI is InChI=1S/C12H24N2O4/c1-6-18-8-7-14(5)11(17)13-9(10(15)16)12(2,3)4/h9H,6-8H2,1-5H3,(H,13,17)(H,15,16)/t9-/m1/s1. The largest absolute Gasteiger partial charge is 0.480 e. The highest BCUT2D eigenvalue weighted by Crippen LogP contribution is 2.19. The first-order valence-electron chi connectivity index (χ1n) is 6.02. The Morgan fingerprint density at radius 3 is 2.33 bits per heavy atom. The lowest BCUT2D eigenvalue weighted by molar-refractivity contribution is -0.142. The molecular weight excluding hydrogens is 236 g/mol. The van der Waals surface area contributed by atoms with Crippen LogP contribution >= 0.6 is 0 Å². The summed E-state index contributed by atoms with van der Waals surface area (Å²) in [5.41, 5.74) is -0.539.